The normalized spacial score (nSPS) is 26.4. The van der Waals surface area contributed by atoms with Crippen molar-refractivity contribution in [2.24, 2.45) is 17.6 Å². The number of nitrogens with zero attached hydrogens (tertiary/aromatic N) is 1. The second-order valence-electron chi connectivity index (χ2n) is 5.60. The van der Waals surface area contributed by atoms with Crippen molar-refractivity contribution < 1.29 is 14.4 Å². The Hall–Kier alpha value is -2.21. The summed E-state index contributed by atoms with van der Waals surface area (Å²) in [5, 5.41) is 2.91. The fourth-order valence-electron chi connectivity index (χ4n) is 3.02. The summed E-state index contributed by atoms with van der Waals surface area (Å²) >= 11 is 0. The van der Waals surface area contributed by atoms with Gasteiger partial charge in [-0.2, -0.15) is 0 Å². The first-order valence-corrected chi connectivity index (χ1v) is 6.91. The number of carbonyl (C=O) groups is 3. The molecule has 6 heteroatoms. The molecular weight excluding hydrogens is 270 g/mol. The molecule has 1 aromatic rings. The molecule has 1 aliphatic carbocycles. The van der Waals surface area contributed by atoms with Crippen molar-refractivity contribution >= 4 is 17.7 Å². The number of nitrogens with two attached hydrogens (primary N) is 1. The van der Waals surface area contributed by atoms with E-state index in [0.717, 1.165) is 0 Å². The predicted molar refractivity (Wildman–Crippen MR) is 74.7 cm³/mol. The summed E-state index contributed by atoms with van der Waals surface area (Å²) in [5.41, 5.74) is 4.96. The van der Waals surface area contributed by atoms with Crippen LogP contribution >= 0.6 is 0 Å². The molecule has 1 saturated carbocycles. The van der Waals surface area contributed by atoms with E-state index >= 15 is 0 Å². The summed E-state index contributed by atoms with van der Waals surface area (Å²) in [6.07, 6.45) is 0.641. The van der Waals surface area contributed by atoms with Crippen LogP contribution < -0.4 is 11.1 Å². The number of amides is 3. The molecule has 0 spiro atoms. The summed E-state index contributed by atoms with van der Waals surface area (Å²) in [5.74, 6) is -1.37. The Balaban J connectivity index is 1.96. The highest BCUT2D eigenvalue weighted by molar-refractivity contribution is 6.09. The van der Waals surface area contributed by atoms with E-state index in [1.54, 1.807) is 31.3 Å². The van der Waals surface area contributed by atoms with Crippen LogP contribution in [0.1, 0.15) is 12.0 Å². The number of benzene rings is 1. The van der Waals surface area contributed by atoms with Gasteiger partial charge in [0.15, 0.2) is 0 Å². The molecule has 110 valence electrons. The van der Waals surface area contributed by atoms with E-state index in [2.05, 4.69) is 5.32 Å². The molecule has 3 atom stereocenters. The molecule has 3 N–H and O–H groups in total. The van der Waals surface area contributed by atoms with Gasteiger partial charge in [-0.3, -0.25) is 19.3 Å². The lowest BCUT2D eigenvalue weighted by Crippen LogP contribution is -2.59. The van der Waals surface area contributed by atoms with Crippen molar-refractivity contribution in [1.29, 1.82) is 0 Å². The third-order valence-corrected chi connectivity index (χ3v) is 4.47. The van der Waals surface area contributed by atoms with Gasteiger partial charge in [-0.15, -0.1) is 0 Å². The maximum absolute atomic E-state index is 12.1. The Kier molecular flexibility index (Phi) is 3.06. The zero-order valence-corrected chi connectivity index (χ0v) is 11.7. The molecule has 3 unspecified atom stereocenters. The number of fused-ring (bicyclic) bond motifs is 1. The van der Waals surface area contributed by atoms with Crippen molar-refractivity contribution in [2.45, 2.75) is 12.0 Å². The second-order valence-corrected chi connectivity index (χ2v) is 5.60. The van der Waals surface area contributed by atoms with Crippen LogP contribution in [-0.2, 0) is 19.9 Å². The Labute approximate surface area is 122 Å². The van der Waals surface area contributed by atoms with Gasteiger partial charge in [-0.1, -0.05) is 30.3 Å². The van der Waals surface area contributed by atoms with E-state index < -0.39 is 11.4 Å². The SMILES string of the molecule is CNC(CN1C(=O)C2CC2C1=O)(C(N)=O)c1ccccc1. The van der Waals surface area contributed by atoms with E-state index in [-0.39, 0.29) is 30.2 Å². The minimum absolute atomic E-state index is 0.0620. The average molecular weight is 287 g/mol. The van der Waals surface area contributed by atoms with Crippen LogP contribution in [0.4, 0.5) is 0 Å². The number of carbonyl (C=O) groups excluding carboxylic acids is 3. The molecule has 1 aromatic carbocycles. The number of likely N-dealkylation sites (N-methyl/N-ethyl adjacent to an activating group) is 1. The molecule has 1 heterocycles. The van der Waals surface area contributed by atoms with E-state index in [1.807, 2.05) is 6.07 Å². The van der Waals surface area contributed by atoms with Gasteiger partial charge in [0, 0.05) is 0 Å². The van der Waals surface area contributed by atoms with Crippen molar-refractivity contribution in [3.05, 3.63) is 35.9 Å². The van der Waals surface area contributed by atoms with Crippen LogP contribution in [0.5, 0.6) is 0 Å². The van der Waals surface area contributed by atoms with Gasteiger partial charge < -0.3 is 11.1 Å². The lowest BCUT2D eigenvalue weighted by Gasteiger charge is -2.34. The van der Waals surface area contributed by atoms with E-state index in [0.29, 0.717) is 12.0 Å². The minimum Gasteiger partial charge on any atom is -0.368 e. The number of hydrogen-bond acceptors (Lipinski definition) is 4. The predicted octanol–water partition coefficient (Wildman–Crippen LogP) is -0.408. The van der Waals surface area contributed by atoms with Crippen LogP contribution in [0, 0.1) is 11.8 Å². The maximum atomic E-state index is 12.1. The zero-order chi connectivity index (χ0) is 15.2. The highest BCUT2D eigenvalue weighted by Crippen LogP contribution is 2.47. The second kappa shape index (κ2) is 4.66. The molecule has 1 saturated heterocycles. The van der Waals surface area contributed by atoms with Gasteiger partial charge in [0.05, 0.1) is 18.4 Å². The third kappa shape index (κ3) is 1.94. The molecule has 3 rings (SSSR count). The molecule has 3 amide bonds. The van der Waals surface area contributed by atoms with E-state index in [1.165, 1.54) is 4.90 Å². The van der Waals surface area contributed by atoms with Crippen LogP contribution in [0.25, 0.3) is 0 Å². The Morgan fingerprint density at radius 1 is 1.29 bits per heavy atom. The smallest absolute Gasteiger partial charge is 0.244 e. The number of primary amides is 1. The zero-order valence-electron chi connectivity index (χ0n) is 11.7. The van der Waals surface area contributed by atoms with Crippen molar-refractivity contribution in [2.75, 3.05) is 13.6 Å². The van der Waals surface area contributed by atoms with Gasteiger partial charge in [-0.05, 0) is 19.0 Å². The number of piperidine rings is 1. The van der Waals surface area contributed by atoms with Gasteiger partial charge >= 0.3 is 0 Å². The Bertz CT molecular complexity index is 596. The highest BCUT2D eigenvalue weighted by Gasteiger charge is 2.60. The lowest BCUT2D eigenvalue weighted by atomic mass is 9.88. The monoisotopic (exact) mass is 287 g/mol. The van der Waals surface area contributed by atoms with Crippen LogP contribution in [0.3, 0.4) is 0 Å². The molecule has 0 aromatic heterocycles. The molecule has 0 radical (unpaired) electrons. The summed E-state index contributed by atoms with van der Waals surface area (Å²) in [4.78, 5) is 37.5. The molecular formula is C15H17N3O3. The van der Waals surface area contributed by atoms with Crippen molar-refractivity contribution in [1.82, 2.24) is 10.2 Å². The first-order valence-electron chi connectivity index (χ1n) is 6.91. The minimum atomic E-state index is -1.26. The molecule has 2 aliphatic rings. The van der Waals surface area contributed by atoms with Gasteiger partial charge in [0.1, 0.15) is 5.54 Å². The number of nitrogens with one attached hydrogen (secondary N) is 1. The third-order valence-electron chi connectivity index (χ3n) is 4.47. The van der Waals surface area contributed by atoms with Gasteiger partial charge in [-0.25, -0.2) is 0 Å². The quantitative estimate of drug-likeness (QED) is 0.720. The Morgan fingerprint density at radius 2 is 1.86 bits per heavy atom. The number of hydrogen-bond donors (Lipinski definition) is 2. The lowest BCUT2D eigenvalue weighted by molar-refractivity contribution is -0.143. The summed E-state index contributed by atoms with van der Waals surface area (Å²) in [6, 6.07) is 8.91. The van der Waals surface area contributed by atoms with E-state index in [9.17, 15) is 14.4 Å². The molecule has 6 nitrogen and oxygen atoms in total. The molecule has 21 heavy (non-hydrogen) atoms. The topological polar surface area (TPSA) is 92.5 Å². The average Bonchev–Trinajstić information content (AvgIpc) is 3.24. The number of likely N-dealkylation sites (tertiary alicyclic amines) is 1. The molecule has 1 aliphatic heterocycles. The molecule has 0 bridgehead atoms. The maximum Gasteiger partial charge on any atom is 0.244 e. The van der Waals surface area contributed by atoms with Crippen LogP contribution in [0.15, 0.2) is 30.3 Å². The largest absolute Gasteiger partial charge is 0.368 e. The fourth-order valence-corrected chi connectivity index (χ4v) is 3.02. The van der Waals surface area contributed by atoms with Gasteiger partial charge in [0.25, 0.3) is 0 Å². The first kappa shape index (κ1) is 13.8. The summed E-state index contributed by atoms with van der Waals surface area (Å²) in [6.45, 7) is -0.0620. The summed E-state index contributed by atoms with van der Waals surface area (Å²) in [7, 11) is 1.60. The van der Waals surface area contributed by atoms with E-state index in [4.69, 9.17) is 5.73 Å². The molecule has 2 fully saturated rings. The summed E-state index contributed by atoms with van der Waals surface area (Å²) < 4.78 is 0. The van der Waals surface area contributed by atoms with Crippen LogP contribution in [-0.4, -0.2) is 36.2 Å². The van der Waals surface area contributed by atoms with Crippen molar-refractivity contribution in [3.8, 4) is 0 Å². The fraction of sp³-hybridized carbons (Fsp3) is 0.400. The van der Waals surface area contributed by atoms with Crippen LogP contribution in [0.2, 0.25) is 0 Å². The highest BCUT2D eigenvalue weighted by atomic mass is 16.2. The Morgan fingerprint density at radius 3 is 2.33 bits per heavy atom. The number of imide groups is 1. The van der Waals surface area contributed by atoms with Gasteiger partial charge in [0.2, 0.25) is 17.7 Å². The van der Waals surface area contributed by atoms with Crippen molar-refractivity contribution in [3.63, 3.8) is 0 Å². The number of rotatable bonds is 5. The first-order chi connectivity index (χ1) is 10.0. The standard InChI is InChI=1S/C15H17N3O3/c1-17-15(14(16)21,9-5-3-2-4-6-9)8-18-12(19)10-7-11(10)13(18)20/h2-6,10-11,17H,7-8H2,1H3,(H2,16,21).